The molecule has 0 amide bonds. The highest BCUT2D eigenvalue weighted by Gasteiger charge is 2.21. The summed E-state index contributed by atoms with van der Waals surface area (Å²) in [4.78, 5) is 13.1. The SMILES string of the molecule is COc1ccc(OC)c(CN(Cc2cnc(N(C)C)nc2)C[C@H]2CCCO2)c1. The van der Waals surface area contributed by atoms with Crippen LogP contribution >= 0.6 is 0 Å². The number of aromatic nitrogens is 2. The summed E-state index contributed by atoms with van der Waals surface area (Å²) in [5.41, 5.74) is 2.16. The number of hydrogen-bond donors (Lipinski definition) is 0. The molecule has 1 aromatic carbocycles. The van der Waals surface area contributed by atoms with Crippen LogP contribution in [0.4, 0.5) is 5.95 Å². The van der Waals surface area contributed by atoms with Crippen molar-refractivity contribution < 1.29 is 14.2 Å². The van der Waals surface area contributed by atoms with Gasteiger partial charge in [0, 0.05) is 63.9 Å². The summed E-state index contributed by atoms with van der Waals surface area (Å²) >= 11 is 0. The molecule has 1 atom stereocenters. The maximum atomic E-state index is 5.88. The molecule has 7 nitrogen and oxygen atoms in total. The van der Waals surface area contributed by atoms with Crippen LogP contribution < -0.4 is 14.4 Å². The Morgan fingerprint density at radius 2 is 1.89 bits per heavy atom. The minimum absolute atomic E-state index is 0.263. The van der Waals surface area contributed by atoms with Gasteiger partial charge in [0.15, 0.2) is 0 Å². The Bertz CT molecular complexity index is 746. The number of rotatable bonds is 9. The Balaban J connectivity index is 1.78. The Morgan fingerprint density at radius 3 is 2.50 bits per heavy atom. The van der Waals surface area contributed by atoms with Gasteiger partial charge in [0.25, 0.3) is 0 Å². The summed E-state index contributed by atoms with van der Waals surface area (Å²) < 4.78 is 16.8. The molecule has 2 aromatic rings. The minimum atomic E-state index is 0.263. The first-order valence-electron chi connectivity index (χ1n) is 9.62. The Labute approximate surface area is 167 Å². The normalized spacial score (nSPS) is 16.4. The molecule has 3 rings (SSSR count). The highest BCUT2D eigenvalue weighted by Crippen LogP contribution is 2.26. The van der Waals surface area contributed by atoms with Crippen molar-refractivity contribution in [2.45, 2.75) is 32.0 Å². The summed E-state index contributed by atoms with van der Waals surface area (Å²) in [5, 5.41) is 0. The van der Waals surface area contributed by atoms with Crippen molar-refractivity contribution in [2.24, 2.45) is 0 Å². The summed E-state index contributed by atoms with van der Waals surface area (Å²) in [5.74, 6) is 2.40. The zero-order valence-corrected chi connectivity index (χ0v) is 17.2. The molecule has 28 heavy (non-hydrogen) atoms. The van der Waals surface area contributed by atoms with Gasteiger partial charge in [-0.05, 0) is 31.0 Å². The van der Waals surface area contributed by atoms with Crippen LogP contribution in [0, 0.1) is 0 Å². The lowest BCUT2D eigenvalue weighted by Crippen LogP contribution is -2.31. The maximum Gasteiger partial charge on any atom is 0.224 e. The summed E-state index contributed by atoms with van der Waals surface area (Å²) in [6.07, 6.45) is 6.28. The van der Waals surface area contributed by atoms with Crippen LogP contribution in [0.3, 0.4) is 0 Å². The molecule has 0 bridgehead atoms. The van der Waals surface area contributed by atoms with Crippen LogP contribution in [-0.4, -0.2) is 62.4 Å². The van der Waals surface area contributed by atoms with E-state index in [-0.39, 0.29) is 6.10 Å². The lowest BCUT2D eigenvalue weighted by Gasteiger charge is -2.26. The fraction of sp³-hybridized carbons (Fsp3) is 0.524. The number of nitrogens with zero attached hydrogens (tertiary/aromatic N) is 4. The van der Waals surface area contributed by atoms with E-state index in [4.69, 9.17) is 14.2 Å². The Kier molecular flexibility index (Phi) is 7.06. The van der Waals surface area contributed by atoms with Crippen LogP contribution in [0.1, 0.15) is 24.0 Å². The van der Waals surface area contributed by atoms with Crippen molar-refractivity contribution in [2.75, 3.05) is 46.4 Å². The van der Waals surface area contributed by atoms with Gasteiger partial charge >= 0.3 is 0 Å². The van der Waals surface area contributed by atoms with E-state index in [2.05, 4.69) is 14.9 Å². The van der Waals surface area contributed by atoms with E-state index in [1.165, 1.54) is 0 Å². The van der Waals surface area contributed by atoms with Crippen LogP contribution in [-0.2, 0) is 17.8 Å². The van der Waals surface area contributed by atoms with Crippen LogP contribution in [0.25, 0.3) is 0 Å². The molecule has 0 spiro atoms. The lowest BCUT2D eigenvalue weighted by molar-refractivity contribution is 0.0675. The smallest absolute Gasteiger partial charge is 0.224 e. The van der Waals surface area contributed by atoms with E-state index in [1.54, 1.807) is 14.2 Å². The van der Waals surface area contributed by atoms with Gasteiger partial charge in [0.2, 0.25) is 5.95 Å². The number of methoxy groups -OCH3 is 2. The molecular weight excluding hydrogens is 356 g/mol. The topological polar surface area (TPSA) is 60.0 Å². The van der Waals surface area contributed by atoms with E-state index in [1.807, 2.05) is 49.6 Å². The summed E-state index contributed by atoms with van der Waals surface area (Å²) in [6, 6.07) is 5.90. The van der Waals surface area contributed by atoms with Gasteiger partial charge in [-0.25, -0.2) is 9.97 Å². The zero-order chi connectivity index (χ0) is 19.9. The van der Waals surface area contributed by atoms with E-state index in [9.17, 15) is 0 Å². The molecule has 152 valence electrons. The summed E-state index contributed by atoms with van der Waals surface area (Å²) in [7, 11) is 7.25. The predicted octanol–water partition coefficient (Wildman–Crippen LogP) is 2.74. The molecule has 0 saturated carbocycles. The monoisotopic (exact) mass is 386 g/mol. The molecule has 1 fully saturated rings. The van der Waals surface area contributed by atoms with Crippen LogP contribution in [0.5, 0.6) is 11.5 Å². The second-order valence-electron chi connectivity index (χ2n) is 7.27. The molecule has 0 aliphatic carbocycles. The molecule has 1 aliphatic heterocycles. The third-order valence-corrected chi connectivity index (χ3v) is 4.87. The average Bonchev–Trinajstić information content (AvgIpc) is 3.21. The third-order valence-electron chi connectivity index (χ3n) is 4.87. The van der Waals surface area contributed by atoms with Gasteiger partial charge in [-0.2, -0.15) is 0 Å². The first-order chi connectivity index (χ1) is 13.6. The second-order valence-corrected chi connectivity index (χ2v) is 7.27. The van der Waals surface area contributed by atoms with Gasteiger partial charge < -0.3 is 19.1 Å². The molecule has 7 heteroatoms. The third kappa shape index (κ3) is 5.33. The second kappa shape index (κ2) is 9.71. The molecule has 1 saturated heterocycles. The highest BCUT2D eigenvalue weighted by atomic mass is 16.5. The maximum absolute atomic E-state index is 5.88. The molecule has 0 unspecified atom stereocenters. The number of benzene rings is 1. The fourth-order valence-electron chi connectivity index (χ4n) is 3.43. The largest absolute Gasteiger partial charge is 0.497 e. The van der Waals surface area contributed by atoms with Crippen molar-refractivity contribution >= 4 is 5.95 Å². The zero-order valence-electron chi connectivity index (χ0n) is 17.2. The molecule has 0 N–H and O–H groups in total. The molecular formula is C21H30N4O3. The van der Waals surface area contributed by atoms with Crippen LogP contribution in [0.15, 0.2) is 30.6 Å². The number of anilines is 1. The van der Waals surface area contributed by atoms with Gasteiger partial charge in [-0.15, -0.1) is 0 Å². The van der Waals surface area contributed by atoms with E-state index >= 15 is 0 Å². The highest BCUT2D eigenvalue weighted by molar-refractivity contribution is 5.40. The molecule has 1 aliphatic rings. The fourth-order valence-corrected chi connectivity index (χ4v) is 3.43. The number of hydrogen-bond acceptors (Lipinski definition) is 7. The predicted molar refractivity (Wildman–Crippen MR) is 109 cm³/mol. The van der Waals surface area contributed by atoms with Gasteiger partial charge in [0.05, 0.1) is 20.3 Å². The molecule has 1 aromatic heterocycles. The van der Waals surface area contributed by atoms with Crippen LogP contribution in [0.2, 0.25) is 0 Å². The first-order valence-corrected chi connectivity index (χ1v) is 9.62. The molecule has 2 heterocycles. The number of ether oxygens (including phenoxy) is 3. The van der Waals surface area contributed by atoms with E-state index in [0.717, 1.165) is 61.7 Å². The lowest BCUT2D eigenvalue weighted by atomic mass is 10.1. The van der Waals surface area contributed by atoms with Crippen molar-refractivity contribution in [3.8, 4) is 11.5 Å². The standard InChI is InChI=1S/C21H30N4O3/c1-24(2)21-22-11-16(12-23-21)13-25(15-19-6-5-9-28-19)14-17-10-18(26-3)7-8-20(17)27-4/h7-8,10-12,19H,5-6,9,13-15H2,1-4H3/t19-/m1/s1. The Hall–Kier alpha value is -2.38. The van der Waals surface area contributed by atoms with Crippen molar-refractivity contribution in [1.29, 1.82) is 0 Å². The van der Waals surface area contributed by atoms with E-state index in [0.29, 0.717) is 5.95 Å². The van der Waals surface area contributed by atoms with Gasteiger partial charge in [-0.3, -0.25) is 4.90 Å². The van der Waals surface area contributed by atoms with Crippen molar-refractivity contribution in [3.05, 3.63) is 41.7 Å². The quantitative estimate of drug-likeness (QED) is 0.657. The van der Waals surface area contributed by atoms with Crippen molar-refractivity contribution in [3.63, 3.8) is 0 Å². The van der Waals surface area contributed by atoms with Crippen molar-refractivity contribution in [1.82, 2.24) is 14.9 Å². The minimum Gasteiger partial charge on any atom is -0.497 e. The molecule has 0 radical (unpaired) electrons. The van der Waals surface area contributed by atoms with E-state index < -0.39 is 0 Å². The first kappa shape index (κ1) is 20.4. The van der Waals surface area contributed by atoms with Gasteiger partial charge in [0.1, 0.15) is 11.5 Å². The average molecular weight is 386 g/mol. The summed E-state index contributed by atoms with van der Waals surface area (Å²) in [6.45, 7) is 3.18. The van der Waals surface area contributed by atoms with Gasteiger partial charge in [-0.1, -0.05) is 0 Å². The Morgan fingerprint density at radius 1 is 1.11 bits per heavy atom.